The SMILES string of the molecule is O=Cc1csc2scc(O)c12. The molecule has 0 saturated carbocycles. The third-order valence-corrected chi connectivity index (χ3v) is 3.57. The zero-order chi connectivity index (χ0) is 7.84. The van der Waals surface area contributed by atoms with Gasteiger partial charge in [0.25, 0.3) is 0 Å². The van der Waals surface area contributed by atoms with E-state index in [1.54, 1.807) is 10.8 Å². The molecular formula is C7H4O2S2. The summed E-state index contributed by atoms with van der Waals surface area (Å²) in [7, 11) is 0. The first kappa shape index (κ1) is 6.82. The van der Waals surface area contributed by atoms with Crippen LogP contribution in [0.5, 0.6) is 5.75 Å². The molecule has 2 rings (SSSR count). The summed E-state index contributed by atoms with van der Waals surface area (Å²) in [6, 6.07) is 0. The van der Waals surface area contributed by atoms with E-state index in [-0.39, 0.29) is 5.75 Å². The average Bonchev–Trinajstić information content (AvgIpc) is 2.54. The first-order valence-electron chi connectivity index (χ1n) is 2.95. The van der Waals surface area contributed by atoms with E-state index in [1.807, 2.05) is 0 Å². The van der Waals surface area contributed by atoms with Crippen LogP contribution in [0, 0.1) is 0 Å². The van der Waals surface area contributed by atoms with Crippen molar-refractivity contribution in [3.05, 3.63) is 16.3 Å². The second-order valence-corrected chi connectivity index (χ2v) is 4.11. The molecule has 0 saturated heterocycles. The van der Waals surface area contributed by atoms with E-state index in [0.717, 1.165) is 10.3 Å². The highest BCUT2D eigenvalue weighted by Gasteiger charge is 2.08. The maximum absolute atomic E-state index is 10.4. The van der Waals surface area contributed by atoms with Gasteiger partial charge in [-0.3, -0.25) is 4.79 Å². The van der Waals surface area contributed by atoms with Gasteiger partial charge >= 0.3 is 0 Å². The van der Waals surface area contributed by atoms with Crippen molar-refractivity contribution in [3.8, 4) is 5.75 Å². The minimum Gasteiger partial charge on any atom is -0.506 e. The molecule has 0 radical (unpaired) electrons. The maximum Gasteiger partial charge on any atom is 0.151 e. The van der Waals surface area contributed by atoms with Gasteiger partial charge in [0.2, 0.25) is 0 Å². The zero-order valence-corrected chi connectivity index (χ0v) is 7.04. The number of hydrogen-bond acceptors (Lipinski definition) is 4. The van der Waals surface area contributed by atoms with Gasteiger partial charge in [-0.05, 0) is 0 Å². The third-order valence-electron chi connectivity index (χ3n) is 1.45. The molecule has 0 amide bonds. The van der Waals surface area contributed by atoms with Crippen LogP contribution < -0.4 is 0 Å². The zero-order valence-electron chi connectivity index (χ0n) is 5.40. The number of thiophene rings is 2. The van der Waals surface area contributed by atoms with Gasteiger partial charge in [0.05, 0.1) is 9.40 Å². The number of aldehydes is 1. The Balaban J connectivity index is 2.90. The number of carbonyl (C=O) groups is 1. The normalized spacial score (nSPS) is 10.5. The van der Waals surface area contributed by atoms with Crippen LogP contribution in [0.15, 0.2) is 10.8 Å². The van der Waals surface area contributed by atoms with E-state index in [2.05, 4.69) is 0 Å². The monoisotopic (exact) mass is 184 g/mol. The summed E-state index contributed by atoms with van der Waals surface area (Å²) in [5.41, 5.74) is 0.587. The standard InChI is InChI=1S/C7H4O2S2/c8-1-4-2-10-7-6(4)5(9)3-11-7/h1-3,9H. The molecule has 0 fully saturated rings. The fraction of sp³-hybridized carbons (Fsp3) is 0. The molecule has 0 atom stereocenters. The molecule has 0 spiro atoms. The summed E-state index contributed by atoms with van der Waals surface area (Å²) in [6.07, 6.45) is 0.769. The molecule has 56 valence electrons. The van der Waals surface area contributed by atoms with Gasteiger partial charge in [-0.15, -0.1) is 22.7 Å². The summed E-state index contributed by atoms with van der Waals surface area (Å²) >= 11 is 2.95. The van der Waals surface area contributed by atoms with Crippen molar-refractivity contribution in [3.63, 3.8) is 0 Å². The van der Waals surface area contributed by atoms with Crippen molar-refractivity contribution in [2.24, 2.45) is 0 Å². The van der Waals surface area contributed by atoms with Crippen molar-refractivity contribution < 1.29 is 9.90 Å². The smallest absolute Gasteiger partial charge is 0.151 e. The summed E-state index contributed by atoms with van der Waals surface area (Å²) in [5.74, 6) is 0.216. The molecule has 0 aliphatic carbocycles. The molecule has 0 unspecified atom stereocenters. The molecule has 0 aliphatic rings. The topological polar surface area (TPSA) is 37.3 Å². The van der Waals surface area contributed by atoms with Crippen molar-refractivity contribution in [2.75, 3.05) is 0 Å². The fourth-order valence-corrected chi connectivity index (χ4v) is 2.88. The Morgan fingerprint density at radius 1 is 1.36 bits per heavy atom. The van der Waals surface area contributed by atoms with Gasteiger partial charge in [0.1, 0.15) is 5.75 Å². The van der Waals surface area contributed by atoms with Gasteiger partial charge in [-0.2, -0.15) is 0 Å². The Morgan fingerprint density at radius 2 is 2.09 bits per heavy atom. The molecule has 4 heteroatoms. The van der Waals surface area contributed by atoms with Gasteiger partial charge in [-0.25, -0.2) is 0 Å². The van der Waals surface area contributed by atoms with Crippen LogP contribution >= 0.6 is 22.7 Å². The van der Waals surface area contributed by atoms with E-state index in [1.165, 1.54) is 22.7 Å². The maximum atomic E-state index is 10.4. The van der Waals surface area contributed by atoms with Crippen molar-refractivity contribution in [1.82, 2.24) is 0 Å². The number of hydrogen-bond donors (Lipinski definition) is 1. The summed E-state index contributed by atoms with van der Waals surface area (Å²) in [6.45, 7) is 0. The minimum absolute atomic E-state index is 0.216. The lowest BCUT2D eigenvalue weighted by Crippen LogP contribution is -1.70. The number of aromatic hydroxyl groups is 1. The highest BCUT2D eigenvalue weighted by atomic mass is 32.2. The molecule has 2 heterocycles. The van der Waals surface area contributed by atoms with Gasteiger partial charge in [0.15, 0.2) is 6.29 Å². The van der Waals surface area contributed by atoms with Crippen LogP contribution in [0.1, 0.15) is 10.4 Å². The molecule has 0 bridgehead atoms. The highest BCUT2D eigenvalue weighted by Crippen LogP contribution is 2.37. The first-order valence-corrected chi connectivity index (χ1v) is 4.71. The molecular weight excluding hydrogens is 180 g/mol. The third kappa shape index (κ3) is 0.868. The van der Waals surface area contributed by atoms with Gasteiger partial charge in [0, 0.05) is 16.3 Å². The molecule has 2 aromatic rings. The number of fused-ring (bicyclic) bond motifs is 1. The lowest BCUT2D eigenvalue weighted by molar-refractivity contribution is 0.112. The fourth-order valence-electron chi connectivity index (χ4n) is 0.947. The number of rotatable bonds is 1. The van der Waals surface area contributed by atoms with Crippen LogP contribution in [-0.2, 0) is 0 Å². The van der Waals surface area contributed by atoms with E-state index in [0.29, 0.717) is 10.9 Å². The van der Waals surface area contributed by atoms with Crippen molar-refractivity contribution >= 4 is 38.4 Å². The molecule has 0 aliphatic heterocycles. The van der Waals surface area contributed by atoms with Crippen LogP contribution in [-0.4, -0.2) is 11.4 Å². The van der Waals surface area contributed by atoms with Crippen LogP contribution in [0.3, 0.4) is 0 Å². The molecule has 2 aromatic heterocycles. The molecule has 11 heavy (non-hydrogen) atoms. The van der Waals surface area contributed by atoms with Crippen molar-refractivity contribution in [2.45, 2.75) is 0 Å². The summed E-state index contributed by atoms with van der Waals surface area (Å²) in [4.78, 5) is 10.4. The van der Waals surface area contributed by atoms with E-state index in [4.69, 9.17) is 0 Å². The van der Waals surface area contributed by atoms with E-state index < -0.39 is 0 Å². The summed E-state index contributed by atoms with van der Waals surface area (Å²) < 4.78 is 1.00. The Kier molecular flexibility index (Phi) is 1.44. The lowest BCUT2D eigenvalue weighted by Gasteiger charge is -1.83. The predicted molar refractivity (Wildman–Crippen MR) is 46.8 cm³/mol. The Hall–Kier alpha value is -0.870. The second kappa shape index (κ2) is 2.32. The van der Waals surface area contributed by atoms with E-state index in [9.17, 15) is 9.90 Å². The van der Waals surface area contributed by atoms with Gasteiger partial charge in [-0.1, -0.05) is 0 Å². The lowest BCUT2D eigenvalue weighted by atomic mass is 10.2. The predicted octanol–water partition coefficient (Wildman–Crippen LogP) is 2.48. The largest absolute Gasteiger partial charge is 0.506 e. The van der Waals surface area contributed by atoms with Crippen LogP contribution in [0.4, 0.5) is 0 Å². The first-order chi connectivity index (χ1) is 5.33. The highest BCUT2D eigenvalue weighted by molar-refractivity contribution is 7.37. The van der Waals surface area contributed by atoms with E-state index >= 15 is 0 Å². The van der Waals surface area contributed by atoms with Crippen molar-refractivity contribution in [1.29, 1.82) is 0 Å². The van der Waals surface area contributed by atoms with Crippen LogP contribution in [0.2, 0.25) is 0 Å². The Bertz CT molecular complexity index is 399. The average molecular weight is 184 g/mol. The Morgan fingerprint density at radius 3 is 2.82 bits per heavy atom. The van der Waals surface area contributed by atoms with Crippen LogP contribution in [0.25, 0.3) is 9.40 Å². The Labute approximate surface area is 70.7 Å². The molecule has 0 aromatic carbocycles. The number of carbonyl (C=O) groups excluding carboxylic acids is 1. The summed E-state index contributed by atoms with van der Waals surface area (Å²) in [5, 5.41) is 13.4. The molecule has 2 nitrogen and oxygen atoms in total. The van der Waals surface area contributed by atoms with Gasteiger partial charge < -0.3 is 5.11 Å². The second-order valence-electron chi connectivity index (χ2n) is 2.09. The quantitative estimate of drug-likeness (QED) is 0.691. The minimum atomic E-state index is 0.216. The molecule has 1 N–H and O–H groups in total.